The van der Waals surface area contributed by atoms with Gasteiger partial charge < -0.3 is 10.4 Å². The third-order valence-corrected chi connectivity index (χ3v) is 4.83. The number of aromatic nitrogens is 1. The third kappa shape index (κ3) is 2.62. The fourth-order valence-electron chi connectivity index (χ4n) is 1.92. The van der Waals surface area contributed by atoms with Crippen molar-refractivity contribution in [3.8, 4) is 6.07 Å². The van der Waals surface area contributed by atoms with E-state index in [2.05, 4.69) is 10.3 Å². The van der Waals surface area contributed by atoms with Crippen molar-refractivity contribution in [2.45, 2.75) is 10.9 Å². The number of hydrogen-bond donors (Lipinski definition) is 2. The van der Waals surface area contributed by atoms with Gasteiger partial charge in [-0.25, -0.2) is 13.4 Å². The molecule has 1 aromatic heterocycles. The van der Waals surface area contributed by atoms with Crippen LogP contribution >= 0.6 is 0 Å². The van der Waals surface area contributed by atoms with Crippen LogP contribution in [0.2, 0.25) is 0 Å². The number of piperazine rings is 1. The highest BCUT2D eigenvalue weighted by Crippen LogP contribution is 2.19. The van der Waals surface area contributed by atoms with E-state index in [1.807, 2.05) is 0 Å². The van der Waals surface area contributed by atoms with Crippen molar-refractivity contribution in [2.24, 2.45) is 0 Å². The lowest BCUT2D eigenvalue weighted by atomic mass is 10.2. The third-order valence-electron chi connectivity index (χ3n) is 2.94. The Bertz CT molecular complexity index is 650. The van der Waals surface area contributed by atoms with Gasteiger partial charge in [-0.05, 0) is 12.1 Å². The van der Waals surface area contributed by atoms with Gasteiger partial charge in [0.05, 0.1) is 0 Å². The molecule has 20 heavy (non-hydrogen) atoms. The summed E-state index contributed by atoms with van der Waals surface area (Å²) in [4.78, 5) is 14.7. The SMILES string of the molecule is N#Cc1ccc(S(=O)(=O)N2CCNCC2C(=O)O)cn1. The molecular weight excluding hydrogens is 284 g/mol. The Kier molecular flexibility index (Phi) is 3.99. The van der Waals surface area contributed by atoms with Crippen molar-refractivity contribution in [3.05, 3.63) is 24.0 Å². The van der Waals surface area contributed by atoms with Crippen LogP contribution in [-0.2, 0) is 14.8 Å². The number of sulfonamides is 1. The molecule has 0 aliphatic carbocycles. The molecule has 0 aromatic carbocycles. The standard InChI is InChI=1S/C11H12N4O4S/c12-5-8-1-2-9(6-14-8)20(18,19)15-4-3-13-7-10(15)11(16)17/h1-2,6,10,13H,3-4,7H2,(H,16,17). The van der Waals surface area contributed by atoms with Crippen molar-refractivity contribution in [3.63, 3.8) is 0 Å². The van der Waals surface area contributed by atoms with E-state index in [1.54, 1.807) is 6.07 Å². The lowest BCUT2D eigenvalue weighted by Crippen LogP contribution is -2.56. The summed E-state index contributed by atoms with van der Waals surface area (Å²) in [6, 6.07) is 3.17. The Labute approximate surface area is 115 Å². The van der Waals surface area contributed by atoms with Crippen molar-refractivity contribution in [2.75, 3.05) is 19.6 Å². The maximum absolute atomic E-state index is 12.4. The van der Waals surface area contributed by atoms with Gasteiger partial charge in [0.15, 0.2) is 0 Å². The Morgan fingerprint density at radius 1 is 1.55 bits per heavy atom. The smallest absolute Gasteiger partial charge is 0.323 e. The predicted molar refractivity (Wildman–Crippen MR) is 67.1 cm³/mol. The van der Waals surface area contributed by atoms with Crippen LogP contribution in [0.15, 0.2) is 23.2 Å². The van der Waals surface area contributed by atoms with Crippen LogP contribution in [-0.4, -0.2) is 54.5 Å². The number of aliphatic carboxylic acids is 1. The summed E-state index contributed by atoms with van der Waals surface area (Å²) in [5.41, 5.74) is 0.0963. The minimum atomic E-state index is -3.94. The van der Waals surface area contributed by atoms with E-state index < -0.39 is 22.0 Å². The van der Waals surface area contributed by atoms with Gasteiger partial charge in [0.1, 0.15) is 22.7 Å². The molecule has 0 amide bonds. The van der Waals surface area contributed by atoms with Crippen LogP contribution in [0, 0.1) is 11.3 Å². The van der Waals surface area contributed by atoms with Crippen LogP contribution in [0.3, 0.4) is 0 Å². The molecule has 1 fully saturated rings. The molecule has 1 aromatic rings. The molecule has 8 nitrogen and oxygen atoms in total. The molecule has 2 N–H and O–H groups in total. The largest absolute Gasteiger partial charge is 0.480 e. The maximum atomic E-state index is 12.4. The Balaban J connectivity index is 2.37. The molecule has 1 saturated heterocycles. The normalized spacial score (nSPS) is 20.2. The summed E-state index contributed by atoms with van der Waals surface area (Å²) < 4.78 is 25.8. The van der Waals surface area contributed by atoms with E-state index in [4.69, 9.17) is 10.4 Å². The molecule has 0 bridgehead atoms. The molecule has 9 heteroatoms. The van der Waals surface area contributed by atoms with Crippen LogP contribution < -0.4 is 5.32 Å². The zero-order chi connectivity index (χ0) is 14.8. The second-order valence-corrected chi connectivity index (χ2v) is 6.06. The number of hydrogen-bond acceptors (Lipinski definition) is 6. The quantitative estimate of drug-likeness (QED) is 0.733. The monoisotopic (exact) mass is 296 g/mol. The highest BCUT2D eigenvalue weighted by molar-refractivity contribution is 7.89. The molecule has 2 rings (SSSR count). The fourth-order valence-corrected chi connectivity index (χ4v) is 3.45. The van der Waals surface area contributed by atoms with Gasteiger partial charge in [-0.15, -0.1) is 0 Å². The van der Waals surface area contributed by atoms with Gasteiger partial charge in [-0.1, -0.05) is 0 Å². The first-order valence-electron chi connectivity index (χ1n) is 5.78. The van der Waals surface area contributed by atoms with Gasteiger partial charge in [0.25, 0.3) is 0 Å². The minimum absolute atomic E-state index is 0.0538. The average molecular weight is 296 g/mol. The lowest BCUT2D eigenvalue weighted by Gasteiger charge is -2.32. The van der Waals surface area contributed by atoms with E-state index in [0.29, 0.717) is 6.54 Å². The average Bonchev–Trinajstić information content (AvgIpc) is 2.47. The van der Waals surface area contributed by atoms with Crippen LogP contribution in [0.4, 0.5) is 0 Å². The topological polar surface area (TPSA) is 123 Å². The lowest BCUT2D eigenvalue weighted by molar-refractivity contribution is -0.141. The van der Waals surface area contributed by atoms with E-state index in [-0.39, 0.29) is 23.7 Å². The van der Waals surface area contributed by atoms with E-state index in [0.717, 1.165) is 10.5 Å². The molecule has 1 atom stereocenters. The fraction of sp³-hybridized carbons (Fsp3) is 0.364. The minimum Gasteiger partial charge on any atom is -0.480 e. The second-order valence-electron chi connectivity index (χ2n) is 4.16. The van der Waals surface area contributed by atoms with E-state index in [1.165, 1.54) is 12.1 Å². The summed E-state index contributed by atoms with van der Waals surface area (Å²) in [6.45, 7) is 0.504. The van der Waals surface area contributed by atoms with Gasteiger partial charge in [-0.3, -0.25) is 4.79 Å². The number of pyridine rings is 1. The first kappa shape index (κ1) is 14.4. The Morgan fingerprint density at radius 2 is 2.30 bits per heavy atom. The first-order valence-corrected chi connectivity index (χ1v) is 7.22. The number of carboxylic acids is 1. The van der Waals surface area contributed by atoms with Crippen LogP contribution in [0.5, 0.6) is 0 Å². The Morgan fingerprint density at radius 3 is 2.85 bits per heavy atom. The molecule has 106 valence electrons. The number of nitrogens with zero attached hydrogens (tertiary/aromatic N) is 3. The Hall–Kier alpha value is -2.02. The van der Waals surface area contributed by atoms with E-state index >= 15 is 0 Å². The zero-order valence-electron chi connectivity index (χ0n) is 10.4. The number of nitriles is 1. The predicted octanol–water partition coefficient (Wildman–Crippen LogP) is -1.000. The molecule has 0 saturated carbocycles. The summed E-state index contributed by atoms with van der Waals surface area (Å²) >= 11 is 0. The summed E-state index contributed by atoms with van der Waals surface area (Å²) in [6.07, 6.45) is 1.06. The molecule has 0 spiro atoms. The van der Waals surface area contributed by atoms with Crippen LogP contribution in [0.1, 0.15) is 5.69 Å². The summed E-state index contributed by atoms with van der Waals surface area (Å²) in [5, 5.41) is 20.6. The molecule has 2 heterocycles. The zero-order valence-corrected chi connectivity index (χ0v) is 11.2. The van der Waals surface area contributed by atoms with Gasteiger partial charge in [0, 0.05) is 25.8 Å². The molecule has 0 radical (unpaired) electrons. The molecule has 1 aliphatic rings. The number of carbonyl (C=O) groups is 1. The van der Waals surface area contributed by atoms with Crippen molar-refractivity contribution >= 4 is 16.0 Å². The van der Waals surface area contributed by atoms with Crippen molar-refractivity contribution in [1.29, 1.82) is 5.26 Å². The van der Waals surface area contributed by atoms with Crippen molar-refractivity contribution < 1.29 is 18.3 Å². The summed E-state index contributed by atoms with van der Waals surface area (Å²) in [7, 11) is -3.94. The maximum Gasteiger partial charge on any atom is 0.323 e. The molecule has 1 unspecified atom stereocenters. The number of carboxylic acid groups (broad SMARTS) is 1. The second kappa shape index (κ2) is 5.54. The number of nitrogens with one attached hydrogen (secondary N) is 1. The molecular formula is C11H12N4O4S. The van der Waals surface area contributed by atoms with Gasteiger partial charge in [0.2, 0.25) is 10.0 Å². The highest BCUT2D eigenvalue weighted by atomic mass is 32.2. The first-order chi connectivity index (χ1) is 9.46. The summed E-state index contributed by atoms with van der Waals surface area (Å²) in [5.74, 6) is -1.21. The molecule has 1 aliphatic heterocycles. The van der Waals surface area contributed by atoms with Gasteiger partial charge >= 0.3 is 5.97 Å². The number of rotatable bonds is 3. The van der Waals surface area contributed by atoms with E-state index in [9.17, 15) is 13.2 Å². The highest BCUT2D eigenvalue weighted by Gasteiger charge is 2.37. The van der Waals surface area contributed by atoms with Crippen LogP contribution in [0.25, 0.3) is 0 Å². The van der Waals surface area contributed by atoms with Gasteiger partial charge in [-0.2, -0.15) is 9.57 Å². The van der Waals surface area contributed by atoms with Crippen molar-refractivity contribution in [1.82, 2.24) is 14.6 Å².